The number of methoxy groups -OCH3 is 1. The number of nitrogens with one attached hydrogen (secondary N) is 1. The smallest absolute Gasteiger partial charge is 0.407 e. The van der Waals surface area contributed by atoms with Gasteiger partial charge in [-0.05, 0) is 44.0 Å². The third kappa shape index (κ3) is 8.46. The quantitative estimate of drug-likeness (QED) is 0.633. The minimum Gasteiger partial charge on any atom is -0.493 e. The van der Waals surface area contributed by atoms with Crippen LogP contribution in [0.15, 0.2) is 48.5 Å². The lowest BCUT2D eigenvalue weighted by Gasteiger charge is -2.23. The van der Waals surface area contributed by atoms with Crippen molar-refractivity contribution in [2.75, 3.05) is 20.2 Å². The Bertz CT molecular complexity index is 865. The van der Waals surface area contributed by atoms with Crippen molar-refractivity contribution in [2.24, 2.45) is 5.73 Å². The molecule has 8 heteroatoms. The van der Waals surface area contributed by atoms with Gasteiger partial charge in [0.1, 0.15) is 12.2 Å². The molecule has 2 aromatic rings. The maximum Gasteiger partial charge on any atom is 0.407 e. The highest BCUT2D eigenvalue weighted by atomic mass is 16.6. The van der Waals surface area contributed by atoms with Gasteiger partial charge in [0.25, 0.3) is 0 Å². The number of hydrogen-bond donors (Lipinski definition) is 2. The second kappa shape index (κ2) is 11.1. The first kappa shape index (κ1) is 23.9. The van der Waals surface area contributed by atoms with Crippen LogP contribution in [0, 0.1) is 0 Å². The second-order valence-electron chi connectivity index (χ2n) is 7.95. The predicted molar refractivity (Wildman–Crippen MR) is 118 cm³/mol. The van der Waals surface area contributed by atoms with E-state index in [-0.39, 0.29) is 19.6 Å². The molecule has 3 amide bonds. The summed E-state index contributed by atoms with van der Waals surface area (Å²) in [7, 11) is 1.56. The fourth-order valence-electron chi connectivity index (χ4n) is 2.76. The first-order valence-electron chi connectivity index (χ1n) is 10.0. The number of hydrogen-bond acceptors (Lipinski definition) is 5. The molecule has 0 saturated heterocycles. The van der Waals surface area contributed by atoms with Crippen molar-refractivity contribution < 1.29 is 23.8 Å². The standard InChI is InChI=1S/C23H31N3O5/c1-23(2,3)31-22(28)25-12-13-26(21(24)27)15-18-10-11-19(20(14-18)29-4)30-16-17-8-6-5-7-9-17/h5-11,14H,12-13,15-16H2,1-4H3,(H2,24,27)(H,25,28). The monoisotopic (exact) mass is 429 g/mol. The summed E-state index contributed by atoms with van der Waals surface area (Å²) in [4.78, 5) is 25.0. The largest absolute Gasteiger partial charge is 0.493 e. The third-order valence-electron chi connectivity index (χ3n) is 4.20. The van der Waals surface area contributed by atoms with Crippen molar-refractivity contribution in [2.45, 2.75) is 39.5 Å². The minimum atomic E-state index is -0.589. The minimum absolute atomic E-state index is 0.216. The van der Waals surface area contributed by atoms with Crippen molar-refractivity contribution in [3.05, 3.63) is 59.7 Å². The van der Waals surface area contributed by atoms with Gasteiger partial charge in [-0.2, -0.15) is 0 Å². The van der Waals surface area contributed by atoms with Crippen LogP contribution in [0.25, 0.3) is 0 Å². The molecule has 0 saturated carbocycles. The molecule has 0 spiro atoms. The fourth-order valence-corrected chi connectivity index (χ4v) is 2.76. The number of carbonyl (C=O) groups is 2. The SMILES string of the molecule is COc1cc(CN(CCNC(=O)OC(C)(C)C)C(N)=O)ccc1OCc1ccccc1. The van der Waals surface area contributed by atoms with Crippen molar-refractivity contribution in [3.8, 4) is 11.5 Å². The van der Waals surface area contributed by atoms with E-state index >= 15 is 0 Å². The van der Waals surface area contributed by atoms with Crippen LogP contribution in [0.5, 0.6) is 11.5 Å². The highest BCUT2D eigenvalue weighted by Crippen LogP contribution is 2.29. The molecular formula is C23H31N3O5. The van der Waals surface area contributed by atoms with E-state index in [0.29, 0.717) is 18.1 Å². The molecule has 2 rings (SSSR count). The maximum atomic E-state index is 11.8. The lowest BCUT2D eigenvalue weighted by Crippen LogP contribution is -2.42. The average molecular weight is 430 g/mol. The van der Waals surface area contributed by atoms with Crippen LogP contribution < -0.4 is 20.5 Å². The maximum absolute atomic E-state index is 11.8. The van der Waals surface area contributed by atoms with Crippen molar-refractivity contribution in [1.29, 1.82) is 0 Å². The van der Waals surface area contributed by atoms with Crippen LogP contribution in [0.3, 0.4) is 0 Å². The van der Waals surface area contributed by atoms with E-state index in [9.17, 15) is 9.59 Å². The molecule has 31 heavy (non-hydrogen) atoms. The Morgan fingerprint density at radius 1 is 1.03 bits per heavy atom. The molecule has 0 atom stereocenters. The summed E-state index contributed by atoms with van der Waals surface area (Å²) in [6, 6.07) is 14.7. The molecule has 0 bridgehead atoms. The number of urea groups is 1. The molecule has 168 valence electrons. The topological polar surface area (TPSA) is 103 Å². The van der Waals surface area contributed by atoms with Crippen LogP contribution in [-0.2, 0) is 17.9 Å². The first-order chi connectivity index (χ1) is 14.7. The van der Waals surface area contributed by atoms with Gasteiger partial charge < -0.3 is 30.2 Å². The van der Waals surface area contributed by atoms with E-state index in [4.69, 9.17) is 19.9 Å². The van der Waals surface area contributed by atoms with Crippen LogP contribution in [0.4, 0.5) is 9.59 Å². The van der Waals surface area contributed by atoms with Crippen LogP contribution in [-0.4, -0.2) is 42.8 Å². The van der Waals surface area contributed by atoms with E-state index in [1.54, 1.807) is 40.0 Å². The summed E-state index contributed by atoms with van der Waals surface area (Å²) >= 11 is 0. The summed E-state index contributed by atoms with van der Waals surface area (Å²) < 4.78 is 16.5. The third-order valence-corrected chi connectivity index (χ3v) is 4.20. The Labute approximate surface area is 183 Å². The number of primary amides is 1. The van der Waals surface area contributed by atoms with Gasteiger partial charge in [-0.25, -0.2) is 9.59 Å². The van der Waals surface area contributed by atoms with Gasteiger partial charge >= 0.3 is 12.1 Å². The van der Waals surface area contributed by atoms with E-state index in [0.717, 1.165) is 11.1 Å². The molecule has 8 nitrogen and oxygen atoms in total. The summed E-state index contributed by atoms with van der Waals surface area (Å²) in [5, 5.41) is 2.62. The lowest BCUT2D eigenvalue weighted by molar-refractivity contribution is 0.0523. The number of amides is 3. The number of carbonyl (C=O) groups excluding carboxylic acids is 2. The number of nitrogens with zero attached hydrogens (tertiary/aromatic N) is 1. The van der Waals surface area contributed by atoms with Gasteiger partial charge in [-0.15, -0.1) is 0 Å². The van der Waals surface area contributed by atoms with Crippen molar-refractivity contribution in [3.63, 3.8) is 0 Å². The average Bonchev–Trinajstić information content (AvgIpc) is 2.71. The van der Waals surface area contributed by atoms with Gasteiger partial charge in [0.2, 0.25) is 0 Å². The van der Waals surface area contributed by atoms with Crippen molar-refractivity contribution in [1.82, 2.24) is 10.2 Å². The van der Waals surface area contributed by atoms with E-state index in [2.05, 4.69) is 5.32 Å². The van der Waals surface area contributed by atoms with Gasteiger partial charge in [0.05, 0.1) is 7.11 Å². The van der Waals surface area contributed by atoms with E-state index in [1.165, 1.54) is 4.90 Å². The molecule has 0 fully saturated rings. The van der Waals surface area contributed by atoms with Crippen LogP contribution >= 0.6 is 0 Å². The van der Waals surface area contributed by atoms with Gasteiger partial charge in [0.15, 0.2) is 11.5 Å². The molecule has 0 radical (unpaired) electrons. The Kier molecular flexibility index (Phi) is 8.54. The molecule has 0 unspecified atom stereocenters. The van der Waals surface area contributed by atoms with Crippen LogP contribution in [0.2, 0.25) is 0 Å². The number of alkyl carbamates (subject to hydrolysis) is 1. The van der Waals surface area contributed by atoms with Crippen LogP contribution in [0.1, 0.15) is 31.9 Å². The number of rotatable bonds is 9. The Morgan fingerprint density at radius 2 is 1.74 bits per heavy atom. The molecule has 0 aliphatic carbocycles. The Balaban J connectivity index is 1.95. The Morgan fingerprint density at radius 3 is 2.35 bits per heavy atom. The molecule has 0 aliphatic rings. The summed E-state index contributed by atoms with van der Waals surface area (Å²) in [5.41, 5.74) is 6.78. The summed E-state index contributed by atoms with van der Waals surface area (Å²) in [6.07, 6.45) is -0.543. The molecule has 0 aromatic heterocycles. The molecule has 3 N–H and O–H groups in total. The lowest BCUT2D eigenvalue weighted by atomic mass is 10.2. The predicted octanol–water partition coefficient (Wildman–Crippen LogP) is 3.68. The zero-order valence-electron chi connectivity index (χ0n) is 18.5. The van der Waals surface area contributed by atoms with E-state index < -0.39 is 17.7 Å². The molecule has 0 heterocycles. The number of ether oxygens (including phenoxy) is 3. The highest BCUT2D eigenvalue weighted by Gasteiger charge is 2.17. The second-order valence-corrected chi connectivity index (χ2v) is 7.95. The first-order valence-corrected chi connectivity index (χ1v) is 10.0. The van der Waals surface area contributed by atoms with Crippen molar-refractivity contribution >= 4 is 12.1 Å². The normalized spacial score (nSPS) is 10.8. The zero-order chi connectivity index (χ0) is 22.9. The fraction of sp³-hybridized carbons (Fsp3) is 0.391. The summed E-state index contributed by atoms with van der Waals surface area (Å²) in [6.45, 7) is 6.48. The number of nitrogens with two attached hydrogens (primary N) is 1. The van der Waals surface area contributed by atoms with E-state index in [1.807, 2.05) is 36.4 Å². The Hall–Kier alpha value is -3.42. The highest BCUT2D eigenvalue weighted by molar-refractivity contribution is 5.72. The van der Waals surface area contributed by atoms with Gasteiger partial charge in [-0.1, -0.05) is 36.4 Å². The molecule has 0 aliphatic heterocycles. The summed E-state index contributed by atoms with van der Waals surface area (Å²) in [5.74, 6) is 1.16. The van der Waals surface area contributed by atoms with Gasteiger partial charge in [-0.3, -0.25) is 0 Å². The molecule has 2 aromatic carbocycles. The molecular weight excluding hydrogens is 398 g/mol. The zero-order valence-corrected chi connectivity index (χ0v) is 18.5. The number of benzene rings is 2. The van der Waals surface area contributed by atoms with Gasteiger partial charge in [0, 0.05) is 19.6 Å².